The van der Waals surface area contributed by atoms with E-state index in [4.69, 9.17) is 0 Å². The van der Waals surface area contributed by atoms with Crippen molar-refractivity contribution in [3.63, 3.8) is 0 Å². The molecule has 2 N–H and O–H groups in total. The molecule has 29 heavy (non-hydrogen) atoms. The third-order valence-electron chi connectivity index (χ3n) is 5.23. The van der Waals surface area contributed by atoms with Crippen molar-refractivity contribution >= 4 is 35.5 Å². The second kappa shape index (κ2) is 7.68. The van der Waals surface area contributed by atoms with Crippen LogP contribution in [0, 0.1) is 5.82 Å². The minimum Gasteiger partial charge on any atom is -0.368 e. The first-order valence-corrected chi connectivity index (χ1v) is 10.3. The number of rotatable bonds is 3. The van der Waals surface area contributed by atoms with Crippen molar-refractivity contribution in [3.05, 3.63) is 40.7 Å². The Bertz CT molecular complexity index is 880. The van der Waals surface area contributed by atoms with Crippen LogP contribution < -0.4 is 14.9 Å². The number of carbonyl (C=O) groups excluding carboxylic acids is 3. The fourth-order valence-electron chi connectivity index (χ4n) is 3.69. The number of piperazine rings is 1. The molecule has 4 amide bonds. The molecule has 10 heteroatoms. The molecule has 2 fully saturated rings. The zero-order valence-electron chi connectivity index (χ0n) is 16.1. The van der Waals surface area contributed by atoms with E-state index >= 15 is 0 Å². The third kappa shape index (κ3) is 3.58. The highest BCUT2D eigenvalue weighted by atomic mass is 32.2. The molecule has 0 bridgehead atoms. The van der Waals surface area contributed by atoms with Gasteiger partial charge in [-0.3, -0.25) is 14.5 Å². The van der Waals surface area contributed by atoms with E-state index in [1.165, 1.54) is 12.1 Å². The number of amides is 4. The summed E-state index contributed by atoms with van der Waals surface area (Å²) in [4.78, 5) is 43.3. The summed E-state index contributed by atoms with van der Waals surface area (Å²) < 4.78 is 16.1. The Balaban J connectivity index is 1.45. The van der Waals surface area contributed by atoms with Crippen molar-refractivity contribution in [3.8, 4) is 0 Å². The lowest BCUT2D eigenvalue weighted by atomic mass is 10.1. The van der Waals surface area contributed by atoms with Crippen LogP contribution in [-0.2, 0) is 9.59 Å². The quantitative estimate of drug-likeness (QED) is 0.718. The van der Waals surface area contributed by atoms with Gasteiger partial charge in [-0.05, 0) is 50.1 Å². The number of hydrogen-bond donors (Lipinski definition) is 2. The molecule has 2 saturated heterocycles. The zero-order chi connectivity index (χ0) is 20.7. The maximum absolute atomic E-state index is 13.1. The molecular formula is C19H22FN5O3S. The summed E-state index contributed by atoms with van der Waals surface area (Å²) in [5.74, 6) is -0.837. The number of hydrogen-bond acceptors (Lipinski definition) is 6. The predicted octanol–water partition coefficient (Wildman–Crippen LogP) is 1.27. The lowest BCUT2D eigenvalue weighted by Crippen LogP contribution is -2.60. The molecule has 1 aromatic carbocycles. The molecule has 0 aromatic heterocycles. The Morgan fingerprint density at radius 1 is 1.14 bits per heavy atom. The van der Waals surface area contributed by atoms with Gasteiger partial charge in [0.25, 0.3) is 11.8 Å². The van der Waals surface area contributed by atoms with Crippen molar-refractivity contribution in [1.29, 1.82) is 0 Å². The normalized spacial score (nSPS) is 22.3. The van der Waals surface area contributed by atoms with Crippen LogP contribution in [0.3, 0.4) is 0 Å². The van der Waals surface area contributed by atoms with Gasteiger partial charge < -0.3 is 15.1 Å². The maximum atomic E-state index is 13.1. The first kappa shape index (κ1) is 19.7. The molecule has 0 saturated carbocycles. The van der Waals surface area contributed by atoms with Crippen molar-refractivity contribution in [2.24, 2.45) is 0 Å². The average Bonchev–Trinajstić information content (AvgIpc) is 3.12. The molecule has 1 unspecified atom stereocenters. The largest absolute Gasteiger partial charge is 0.368 e. The van der Waals surface area contributed by atoms with E-state index in [0.29, 0.717) is 36.8 Å². The van der Waals surface area contributed by atoms with Gasteiger partial charge >= 0.3 is 6.03 Å². The Kier molecular flexibility index (Phi) is 5.22. The maximum Gasteiger partial charge on any atom is 0.328 e. The van der Waals surface area contributed by atoms with E-state index in [0.717, 1.165) is 22.5 Å². The molecule has 1 aromatic rings. The summed E-state index contributed by atoms with van der Waals surface area (Å²) in [6.07, 6.45) is 0. The number of halogens is 1. The highest BCUT2D eigenvalue weighted by Gasteiger charge is 2.45. The fraction of sp³-hybridized carbons (Fsp3) is 0.421. The molecular weight excluding hydrogens is 397 g/mol. The number of nitrogens with zero attached hydrogens (tertiary/aromatic N) is 3. The van der Waals surface area contributed by atoms with E-state index in [9.17, 15) is 18.8 Å². The van der Waals surface area contributed by atoms with Crippen molar-refractivity contribution < 1.29 is 18.8 Å². The Morgan fingerprint density at radius 3 is 2.41 bits per heavy atom. The SMILES string of the molecule is CC(C)N1C(=O)NC2=C(C(=O)N3CCN(c4ccc(F)cc4)CC3)SNC2C1=O. The summed E-state index contributed by atoms with van der Waals surface area (Å²) in [6, 6.07) is 4.79. The van der Waals surface area contributed by atoms with Gasteiger partial charge in [0.1, 0.15) is 16.8 Å². The van der Waals surface area contributed by atoms with Crippen LogP contribution in [0.2, 0.25) is 0 Å². The van der Waals surface area contributed by atoms with Crippen molar-refractivity contribution in [2.75, 3.05) is 31.1 Å². The summed E-state index contributed by atoms with van der Waals surface area (Å²) in [5, 5.41) is 2.72. The number of imide groups is 1. The van der Waals surface area contributed by atoms with Crippen LogP contribution in [0.25, 0.3) is 0 Å². The van der Waals surface area contributed by atoms with E-state index in [2.05, 4.69) is 14.9 Å². The first-order valence-electron chi connectivity index (χ1n) is 9.47. The van der Waals surface area contributed by atoms with Gasteiger partial charge in [0.15, 0.2) is 0 Å². The number of nitrogens with one attached hydrogen (secondary N) is 2. The van der Waals surface area contributed by atoms with Crippen LogP contribution >= 0.6 is 11.9 Å². The number of fused-ring (bicyclic) bond motifs is 1. The summed E-state index contributed by atoms with van der Waals surface area (Å²) in [5.41, 5.74) is 1.25. The molecule has 1 atom stereocenters. The van der Waals surface area contributed by atoms with Gasteiger partial charge in [-0.2, -0.15) is 0 Å². The van der Waals surface area contributed by atoms with Gasteiger partial charge in [0, 0.05) is 37.9 Å². The molecule has 8 nitrogen and oxygen atoms in total. The molecule has 0 radical (unpaired) electrons. The van der Waals surface area contributed by atoms with Crippen LogP contribution in [-0.4, -0.2) is 65.9 Å². The molecule has 4 rings (SSSR count). The van der Waals surface area contributed by atoms with Crippen molar-refractivity contribution in [2.45, 2.75) is 25.9 Å². The molecule has 0 aliphatic carbocycles. The average molecular weight is 419 g/mol. The second-order valence-electron chi connectivity index (χ2n) is 7.38. The first-order chi connectivity index (χ1) is 13.9. The molecule has 3 aliphatic rings. The molecule has 3 heterocycles. The van der Waals surface area contributed by atoms with Crippen LogP contribution in [0.5, 0.6) is 0 Å². The van der Waals surface area contributed by atoms with Gasteiger partial charge in [-0.25, -0.2) is 13.9 Å². The minimum absolute atomic E-state index is 0.204. The van der Waals surface area contributed by atoms with Gasteiger partial charge in [-0.1, -0.05) is 0 Å². The monoisotopic (exact) mass is 419 g/mol. The smallest absolute Gasteiger partial charge is 0.328 e. The van der Waals surface area contributed by atoms with Gasteiger partial charge in [0.05, 0.1) is 5.70 Å². The highest BCUT2D eigenvalue weighted by molar-refractivity contribution is 8.02. The second-order valence-corrected chi connectivity index (χ2v) is 8.23. The molecule has 3 aliphatic heterocycles. The molecule has 154 valence electrons. The lowest BCUT2D eigenvalue weighted by molar-refractivity contribution is -0.131. The van der Waals surface area contributed by atoms with E-state index in [-0.39, 0.29) is 23.7 Å². The summed E-state index contributed by atoms with van der Waals surface area (Å²) >= 11 is 1.09. The van der Waals surface area contributed by atoms with Crippen molar-refractivity contribution in [1.82, 2.24) is 19.8 Å². The van der Waals surface area contributed by atoms with Crippen LogP contribution in [0.1, 0.15) is 13.8 Å². The zero-order valence-corrected chi connectivity index (χ0v) is 17.0. The number of benzene rings is 1. The van der Waals surface area contributed by atoms with E-state index < -0.39 is 12.1 Å². The number of anilines is 1. The molecule has 0 spiro atoms. The number of urea groups is 1. The fourth-order valence-corrected chi connectivity index (χ4v) is 4.64. The standard InChI is InChI=1S/C19H22FN5O3S/c1-11(2)25-17(26)15-14(21-19(25)28)16(29-22-15)18(27)24-9-7-23(8-10-24)13-5-3-12(20)4-6-13/h3-6,11,15,22H,7-10H2,1-2H3,(H,21,28). The Labute approximate surface area is 172 Å². The van der Waals surface area contributed by atoms with Crippen LogP contribution in [0.4, 0.5) is 14.9 Å². The Hall–Kier alpha value is -2.59. The highest BCUT2D eigenvalue weighted by Crippen LogP contribution is 2.32. The van der Waals surface area contributed by atoms with Crippen LogP contribution in [0.15, 0.2) is 34.9 Å². The van der Waals surface area contributed by atoms with E-state index in [1.807, 2.05) is 0 Å². The lowest BCUT2D eigenvalue weighted by Gasteiger charge is -2.36. The van der Waals surface area contributed by atoms with Gasteiger partial charge in [-0.15, -0.1) is 0 Å². The topological polar surface area (TPSA) is 85.0 Å². The summed E-state index contributed by atoms with van der Waals surface area (Å²) in [6.45, 7) is 5.76. The third-order valence-corrected chi connectivity index (χ3v) is 6.18. The Morgan fingerprint density at radius 2 is 1.79 bits per heavy atom. The minimum atomic E-state index is -0.723. The van der Waals surface area contributed by atoms with E-state index in [1.54, 1.807) is 30.9 Å². The summed E-state index contributed by atoms with van der Waals surface area (Å²) in [7, 11) is 0. The number of carbonyl (C=O) groups is 3. The van der Waals surface area contributed by atoms with Gasteiger partial charge in [0.2, 0.25) is 0 Å². The predicted molar refractivity (Wildman–Crippen MR) is 107 cm³/mol.